The molecule has 2 aromatic rings. The minimum Gasteiger partial charge on any atom is -0.347 e. The van der Waals surface area contributed by atoms with Gasteiger partial charge in [-0.05, 0) is 25.0 Å². The highest BCUT2D eigenvalue weighted by Crippen LogP contribution is 2.35. The molecule has 1 fully saturated rings. The smallest absolute Gasteiger partial charge is 0.262 e. The summed E-state index contributed by atoms with van der Waals surface area (Å²) >= 11 is 6.32. The number of hydrogen-bond donors (Lipinski definition) is 1. The maximum absolute atomic E-state index is 14.5. The van der Waals surface area contributed by atoms with Crippen molar-refractivity contribution in [2.75, 3.05) is 6.54 Å². The summed E-state index contributed by atoms with van der Waals surface area (Å²) in [6, 6.07) is 13.0. The van der Waals surface area contributed by atoms with Gasteiger partial charge in [-0.3, -0.25) is 9.59 Å². The molecule has 1 aliphatic carbocycles. The maximum Gasteiger partial charge on any atom is 0.262 e. The van der Waals surface area contributed by atoms with Crippen molar-refractivity contribution in [2.24, 2.45) is 11.0 Å². The molecule has 2 aromatic carbocycles. The molecule has 7 heteroatoms. The molecule has 1 unspecified atom stereocenters. The third-order valence-electron chi connectivity index (χ3n) is 5.75. The number of halogens is 2. The lowest BCUT2D eigenvalue weighted by Gasteiger charge is -2.23. The molecule has 0 bridgehead atoms. The summed E-state index contributed by atoms with van der Waals surface area (Å²) in [5.74, 6) is -0.902. The summed E-state index contributed by atoms with van der Waals surface area (Å²) in [7, 11) is 0. The molecule has 1 N–H and O–H groups in total. The van der Waals surface area contributed by atoms with Gasteiger partial charge in [0.05, 0.1) is 18.3 Å². The van der Waals surface area contributed by atoms with Crippen molar-refractivity contribution >= 4 is 29.1 Å². The standard InChI is InChI=1S/C23H23ClFN3O2/c24-18-11-5-3-9-16(18)20-13-21(17-10-4-6-12-19(17)25)28(27-20)22(29)14-26-23(30)15-7-1-2-8-15/h3-6,9-12,15,21H,1-2,7-8,13-14H2,(H,26,30). The summed E-state index contributed by atoms with van der Waals surface area (Å²) in [4.78, 5) is 25.3. The fourth-order valence-electron chi connectivity index (χ4n) is 4.16. The van der Waals surface area contributed by atoms with Crippen molar-refractivity contribution in [3.05, 3.63) is 70.5 Å². The average molecular weight is 428 g/mol. The van der Waals surface area contributed by atoms with E-state index in [1.54, 1.807) is 24.3 Å². The minimum atomic E-state index is -0.589. The number of carbonyl (C=O) groups excluding carboxylic acids is 2. The largest absolute Gasteiger partial charge is 0.347 e. The van der Waals surface area contributed by atoms with Crippen LogP contribution < -0.4 is 5.32 Å². The van der Waals surface area contributed by atoms with E-state index < -0.39 is 11.9 Å². The first-order valence-corrected chi connectivity index (χ1v) is 10.6. The maximum atomic E-state index is 14.5. The van der Waals surface area contributed by atoms with E-state index >= 15 is 0 Å². The van der Waals surface area contributed by atoms with E-state index in [1.165, 1.54) is 11.1 Å². The summed E-state index contributed by atoms with van der Waals surface area (Å²) in [6.45, 7) is -0.167. The van der Waals surface area contributed by atoms with Crippen LogP contribution in [0.3, 0.4) is 0 Å². The number of nitrogens with one attached hydrogen (secondary N) is 1. The highest BCUT2D eigenvalue weighted by molar-refractivity contribution is 6.34. The first kappa shape index (κ1) is 20.5. The molecule has 0 spiro atoms. The summed E-state index contributed by atoms with van der Waals surface area (Å²) in [5, 5.41) is 9.03. The van der Waals surface area contributed by atoms with E-state index in [0.29, 0.717) is 28.3 Å². The van der Waals surface area contributed by atoms with Gasteiger partial charge >= 0.3 is 0 Å². The summed E-state index contributed by atoms with van der Waals surface area (Å²) < 4.78 is 14.5. The molecule has 1 heterocycles. The van der Waals surface area contributed by atoms with E-state index in [2.05, 4.69) is 10.4 Å². The quantitative estimate of drug-likeness (QED) is 0.765. The van der Waals surface area contributed by atoms with E-state index in [4.69, 9.17) is 11.6 Å². The second-order valence-corrected chi connectivity index (χ2v) is 8.11. The first-order valence-electron chi connectivity index (χ1n) is 10.2. The molecular formula is C23H23ClFN3O2. The van der Waals surface area contributed by atoms with Crippen LogP contribution in [0.5, 0.6) is 0 Å². The molecular weight excluding hydrogens is 405 g/mol. The van der Waals surface area contributed by atoms with Crippen molar-refractivity contribution in [3.63, 3.8) is 0 Å². The zero-order valence-electron chi connectivity index (χ0n) is 16.5. The van der Waals surface area contributed by atoms with Crippen LogP contribution in [0.2, 0.25) is 5.02 Å². The molecule has 0 saturated heterocycles. The van der Waals surface area contributed by atoms with E-state index in [1.807, 2.05) is 18.2 Å². The number of hydrogen-bond acceptors (Lipinski definition) is 3. The Morgan fingerprint density at radius 2 is 1.80 bits per heavy atom. The van der Waals surface area contributed by atoms with Gasteiger partial charge in [-0.1, -0.05) is 60.8 Å². The van der Waals surface area contributed by atoms with Gasteiger partial charge in [0, 0.05) is 28.5 Å². The zero-order valence-corrected chi connectivity index (χ0v) is 17.2. The number of amides is 2. The zero-order chi connectivity index (χ0) is 21.1. The Morgan fingerprint density at radius 3 is 2.53 bits per heavy atom. The Balaban J connectivity index is 1.57. The predicted molar refractivity (Wildman–Crippen MR) is 114 cm³/mol. The van der Waals surface area contributed by atoms with Crippen LogP contribution in [-0.4, -0.2) is 29.1 Å². The van der Waals surface area contributed by atoms with E-state index in [0.717, 1.165) is 25.7 Å². The topological polar surface area (TPSA) is 61.8 Å². The third kappa shape index (κ3) is 4.24. The molecule has 30 heavy (non-hydrogen) atoms. The van der Waals surface area contributed by atoms with Gasteiger partial charge in [-0.15, -0.1) is 0 Å². The highest BCUT2D eigenvalue weighted by Gasteiger charge is 2.35. The van der Waals surface area contributed by atoms with Gasteiger partial charge in [0.15, 0.2) is 0 Å². The van der Waals surface area contributed by atoms with E-state index in [-0.39, 0.29) is 24.3 Å². The van der Waals surface area contributed by atoms with Crippen LogP contribution in [0.1, 0.15) is 49.3 Å². The number of nitrogens with zero attached hydrogens (tertiary/aromatic N) is 2. The number of rotatable bonds is 5. The highest BCUT2D eigenvalue weighted by atomic mass is 35.5. The Hall–Kier alpha value is -2.73. The monoisotopic (exact) mass is 427 g/mol. The SMILES string of the molecule is O=C(NCC(=O)N1N=C(c2ccccc2Cl)CC1c1ccccc1F)C1CCCC1. The number of benzene rings is 2. The average Bonchev–Trinajstić information content (AvgIpc) is 3.43. The van der Waals surface area contributed by atoms with Gasteiger partial charge in [0.1, 0.15) is 5.82 Å². The molecule has 1 atom stereocenters. The lowest BCUT2D eigenvalue weighted by molar-refractivity contribution is -0.135. The van der Waals surface area contributed by atoms with Crippen LogP contribution in [-0.2, 0) is 9.59 Å². The molecule has 2 aliphatic rings. The number of hydrazone groups is 1. The van der Waals surface area contributed by atoms with Crippen LogP contribution in [0, 0.1) is 11.7 Å². The molecule has 1 aliphatic heterocycles. The van der Waals surface area contributed by atoms with Crippen molar-refractivity contribution < 1.29 is 14.0 Å². The van der Waals surface area contributed by atoms with Gasteiger partial charge in [-0.25, -0.2) is 9.40 Å². The lowest BCUT2D eigenvalue weighted by atomic mass is 9.98. The molecule has 4 rings (SSSR count). The Morgan fingerprint density at radius 1 is 1.10 bits per heavy atom. The van der Waals surface area contributed by atoms with Gasteiger partial charge < -0.3 is 5.32 Å². The van der Waals surface area contributed by atoms with Crippen LogP contribution in [0.25, 0.3) is 0 Å². The van der Waals surface area contributed by atoms with E-state index in [9.17, 15) is 14.0 Å². The molecule has 0 radical (unpaired) electrons. The molecule has 5 nitrogen and oxygen atoms in total. The lowest BCUT2D eigenvalue weighted by Crippen LogP contribution is -2.40. The third-order valence-corrected chi connectivity index (χ3v) is 6.08. The molecule has 0 aromatic heterocycles. The normalized spacial score (nSPS) is 19.1. The fourth-order valence-corrected chi connectivity index (χ4v) is 4.41. The second kappa shape index (κ2) is 8.96. The second-order valence-electron chi connectivity index (χ2n) is 7.71. The van der Waals surface area contributed by atoms with Crippen molar-refractivity contribution in [2.45, 2.75) is 38.1 Å². The molecule has 1 saturated carbocycles. The van der Waals surface area contributed by atoms with Crippen molar-refractivity contribution in [1.29, 1.82) is 0 Å². The number of carbonyl (C=O) groups is 2. The predicted octanol–water partition coefficient (Wildman–Crippen LogP) is 4.46. The minimum absolute atomic E-state index is 0.0269. The summed E-state index contributed by atoms with van der Waals surface area (Å²) in [5.41, 5.74) is 1.72. The summed E-state index contributed by atoms with van der Waals surface area (Å²) in [6.07, 6.45) is 4.14. The Kier molecular flexibility index (Phi) is 6.13. The van der Waals surface area contributed by atoms with Gasteiger partial charge in [0.25, 0.3) is 5.91 Å². The first-order chi connectivity index (χ1) is 14.5. The van der Waals surface area contributed by atoms with Gasteiger partial charge in [-0.2, -0.15) is 5.10 Å². The molecule has 2 amide bonds. The van der Waals surface area contributed by atoms with Crippen molar-refractivity contribution in [1.82, 2.24) is 10.3 Å². The molecule has 156 valence electrons. The van der Waals surface area contributed by atoms with Crippen LogP contribution in [0.4, 0.5) is 4.39 Å². The fraction of sp³-hybridized carbons (Fsp3) is 0.348. The van der Waals surface area contributed by atoms with Gasteiger partial charge in [0.2, 0.25) is 5.91 Å². The Bertz CT molecular complexity index is 988. The van der Waals surface area contributed by atoms with Crippen LogP contribution in [0.15, 0.2) is 53.6 Å². The van der Waals surface area contributed by atoms with Crippen LogP contribution >= 0.6 is 11.6 Å². The Labute approximate surface area is 179 Å². The van der Waals surface area contributed by atoms with Crippen molar-refractivity contribution in [3.8, 4) is 0 Å².